The molecule has 50 valence electrons. The molecule has 0 saturated carbocycles. The van der Waals surface area contributed by atoms with Gasteiger partial charge < -0.3 is 10.5 Å². The van der Waals surface area contributed by atoms with Crippen molar-refractivity contribution in [3.05, 3.63) is 12.7 Å². The summed E-state index contributed by atoms with van der Waals surface area (Å²) in [6.45, 7) is 5.50. The highest BCUT2D eigenvalue weighted by molar-refractivity contribution is 5.73. The van der Waals surface area contributed by atoms with Crippen LogP contribution in [0.1, 0.15) is 6.92 Å². The summed E-state index contributed by atoms with van der Waals surface area (Å²) in [4.78, 5) is 3.94. The van der Waals surface area contributed by atoms with Crippen LogP contribution < -0.4 is 5.73 Å². The molecule has 2 unspecified atom stereocenters. The summed E-state index contributed by atoms with van der Waals surface area (Å²) >= 11 is 0. The lowest BCUT2D eigenvalue weighted by atomic mass is 10.2. The van der Waals surface area contributed by atoms with E-state index in [0.717, 1.165) is 0 Å². The van der Waals surface area contributed by atoms with Gasteiger partial charge in [0.05, 0.1) is 0 Å². The Balaban J connectivity index is 2.63. The number of nitrogens with zero attached hydrogens (tertiary/aromatic N) is 1. The molecule has 2 N–H and O–H groups in total. The highest BCUT2D eigenvalue weighted by Gasteiger charge is 2.21. The van der Waals surface area contributed by atoms with Crippen LogP contribution in [0.2, 0.25) is 0 Å². The van der Waals surface area contributed by atoms with Crippen LogP contribution in [0.5, 0.6) is 0 Å². The standard InChI is InChI=1S/C6H10N2O/c1-3-5-4(2)9-6(7)8-5/h3-5H,1H2,2H3,(H2,7,8). The minimum Gasteiger partial charge on any atom is -0.460 e. The molecule has 2 atom stereocenters. The monoisotopic (exact) mass is 126 g/mol. The molecule has 1 heterocycles. The summed E-state index contributed by atoms with van der Waals surface area (Å²) in [5, 5.41) is 0. The molecule has 0 bridgehead atoms. The Labute approximate surface area is 54.2 Å². The second-order valence-corrected chi connectivity index (χ2v) is 2.02. The van der Waals surface area contributed by atoms with Gasteiger partial charge in [0.25, 0.3) is 6.02 Å². The van der Waals surface area contributed by atoms with Crippen molar-refractivity contribution < 1.29 is 4.74 Å². The van der Waals surface area contributed by atoms with Crippen molar-refractivity contribution in [1.82, 2.24) is 0 Å². The molecule has 3 heteroatoms. The average molecular weight is 126 g/mol. The SMILES string of the molecule is C=CC1N=C(N)OC1C. The zero-order chi connectivity index (χ0) is 6.85. The first kappa shape index (κ1) is 6.13. The third-order valence-corrected chi connectivity index (χ3v) is 1.31. The maximum atomic E-state index is 5.27. The number of aliphatic imine (C=N–C) groups is 1. The molecule has 1 aliphatic heterocycles. The van der Waals surface area contributed by atoms with Crippen LogP contribution in [0.4, 0.5) is 0 Å². The van der Waals surface area contributed by atoms with E-state index in [1.54, 1.807) is 6.08 Å². The van der Waals surface area contributed by atoms with Gasteiger partial charge in [0, 0.05) is 0 Å². The van der Waals surface area contributed by atoms with Crippen LogP contribution in [0.25, 0.3) is 0 Å². The van der Waals surface area contributed by atoms with Crippen molar-refractivity contribution in [1.29, 1.82) is 0 Å². The Hall–Kier alpha value is -0.990. The molecule has 0 fully saturated rings. The minimum atomic E-state index is 0.0463. The predicted molar refractivity (Wildman–Crippen MR) is 36.2 cm³/mol. The summed E-state index contributed by atoms with van der Waals surface area (Å²) < 4.78 is 5.02. The Bertz CT molecular complexity index is 153. The second kappa shape index (κ2) is 2.09. The fraction of sp³-hybridized carbons (Fsp3) is 0.500. The van der Waals surface area contributed by atoms with E-state index in [1.165, 1.54) is 0 Å². The van der Waals surface area contributed by atoms with Crippen molar-refractivity contribution in [3.63, 3.8) is 0 Å². The maximum Gasteiger partial charge on any atom is 0.282 e. The zero-order valence-corrected chi connectivity index (χ0v) is 5.37. The third kappa shape index (κ3) is 1.04. The maximum absolute atomic E-state index is 5.27. The van der Waals surface area contributed by atoms with Gasteiger partial charge in [0.2, 0.25) is 0 Å². The molecule has 0 spiro atoms. The number of hydrogen-bond donors (Lipinski definition) is 1. The van der Waals surface area contributed by atoms with E-state index in [2.05, 4.69) is 11.6 Å². The Morgan fingerprint density at radius 2 is 2.56 bits per heavy atom. The van der Waals surface area contributed by atoms with Crippen LogP contribution in [-0.2, 0) is 4.74 Å². The van der Waals surface area contributed by atoms with Crippen LogP contribution in [-0.4, -0.2) is 18.2 Å². The molecular weight excluding hydrogens is 116 g/mol. The molecule has 9 heavy (non-hydrogen) atoms. The van der Waals surface area contributed by atoms with Gasteiger partial charge in [-0.2, -0.15) is 0 Å². The predicted octanol–water partition coefficient (Wildman–Crippen LogP) is 0.274. The molecule has 1 rings (SSSR count). The van der Waals surface area contributed by atoms with Crippen LogP contribution in [0.15, 0.2) is 17.6 Å². The summed E-state index contributed by atoms with van der Waals surface area (Å²) in [7, 11) is 0. The van der Waals surface area contributed by atoms with Gasteiger partial charge in [0.15, 0.2) is 0 Å². The summed E-state index contributed by atoms with van der Waals surface area (Å²) in [6, 6.07) is 0.317. The van der Waals surface area contributed by atoms with Crippen molar-refractivity contribution in [2.45, 2.75) is 19.1 Å². The Morgan fingerprint density at radius 3 is 2.78 bits per heavy atom. The average Bonchev–Trinajstić information content (AvgIpc) is 2.10. The Morgan fingerprint density at radius 1 is 1.89 bits per heavy atom. The molecule has 1 aliphatic rings. The van der Waals surface area contributed by atoms with Gasteiger partial charge >= 0.3 is 0 Å². The van der Waals surface area contributed by atoms with Gasteiger partial charge in [0.1, 0.15) is 12.1 Å². The van der Waals surface area contributed by atoms with E-state index in [4.69, 9.17) is 10.5 Å². The molecule has 0 radical (unpaired) electrons. The summed E-state index contributed by atoms with van der Waals surface area (Å²) in [5.41, 5.74) is 5.27. The molecule has 0 aromatic carbocycles. The molecular formula is C6H10N2O. The number of rotatable bonds is 1. The van der Waals surface area contributed by atoms with Crippen molar-refractivity contribution in [2.75, 3.05) is 0 Å². The quantitative estimate of drug-likeness (QED) is 0.513. The molecule has 0 aromatic heterocycles. The number of ether oxygens (including phenoxy) is 1. The van der Waals surface area contributed by atoms with E-state index in [9.17, 15) is 0 Å². The van der Waals surface area contributed by atoms with Gasteiger partial charge in [-0.3, -0.25) is 0 Å². The molecule has 0 aliphatic carbocycles. The number of hydrogen-bond acceptors (Lipinski definition) is 3. The zero-order valence-electron chi connectivity index (χ0n) is 5.37. The first-order valence-corrected chi connectivity index (χ1v) is 2.86. The van der Waals surface area contributed by atoms with E-state index < -0.39 is 0 Å². The second-order valence-electron chi connectivity index (χ2n) is 2.02. The normalized spacial score (nSPS) is 33.2. The van der Waals surface area contributed by atoms with Crippen molar-refractivity contribution >= 4 is 6.02 Å². The lowest BCUT2D eigenvalue weighted by molar-refractivity contribution is 0.224. The van der Waals surface area contributed by atoms with E-state index in [1.807, 2.05) is 6.92 Å². The molecule has 3 nitrogen and oxygen atoms in total. The number of nitrogens with two attached hydrogens (primary N) is 1. The highest BCUT2D eigenvalue weighted by Crippen LogP contribution is 2.10. The largest absolute Gasteiger partial charge is 0.460 e. The number of amidine groups is 1. The summed E-state index contributed by atoms with van der Waals surface area (Å²) in [5.74, 6) is 0. The molecule has 0 amide bonds. The minimum absolute atomic E-state index is 0.0463. The fourth-order valence-electron chi connectivity index (χ4n) is 0.787. The smallest absolute Gasteiger partial charge is 0.282 e. The topological polar surface area (TPSA) is 47.6 Å². The van der Waals surface area contributed by atoms with Crippen LogP contribution in [0.3, 0.4) is 0 Å². The van der Waals surface area contributed by atoms with Gasteiger partial charge in [-0.05, 0) is 6.92 Å². The van der Waals surface area contributed by atoms with Gasteiger partial charge in [-0.25, -0.2) is 4.99 Å². The van der Waals surface area contributed by atoms with Gasteiger partial charge in [-0.15, -0.1) is 6.58 Å². The van der Waals surface area contributed by atoms with E-state index >= 15 is 0 Å². The van der Waals surface area contributed by atoms with E-state index in [-0.39, 0.29) is 18.2 Å². The summed E-state index contributed by atoms with van der Waals surface area (Å²) in [6.07, 6.45) is 1.78. The molecule has 0 saturated heterocycles. The Kier molecular flexibility index (Phi) is 1.42. The lowest BCUT2D eigenvalue weighted by Crippen LogP contribution is -2.18. The van der Waals surface area contributed by atoms with Gasteiger partial charge in [-0.1, -0.05) is 6.08 Å². The lowest BCUT2D eigenvalue weighted by Gasteiger charge is -2.05. The van der Waals surface area contributed by atoms with E-state index in [0.29, 0.717) is 0 Å². The van der Waals surface area contributed by atoms with Crippen LogP contribution >= 0.6 is 0 Å². The first-order valence-electron chi connectivity index (χ1n) is 2.86. The van der Waals surface area contributed by atoms with Crippen LogP contribution in [0, 0.1) is 0 Å². The third-order valence-electron chi connectivity index (χ3n) is 1.31. The van der Waals surface area contributed by atoms with Crippen molar-refractivity contribution in [3.8, 4) is 0 Å². The highest BCUT2D eigenvalue weighted by atomic mass is 16.5. The molecule has 0 aromatic rings. The first-order chi connectivity index (χ1) is 4.24. The van der Waals surface area contributed by atoms with Crippen molar-refractivity contribution in [2.24, 2.45) is 10.7 Å². The fourth-order valence-corrected chi connectivity index (χ4v) is 0.787.